The van der Waals surface area contributed by atoms with Gasteiger partial charge in [-0.05, 0) is 37.0 Å². The van der Waals surface area contributed by atoms with Crippen LogP contribution in [0.2, 0.25) is 0 Å². The number of benzene rings is 1. The number of fused-ring (bicyclic) bond motifs is 1. The molecule has 1 saturated heterocycles. The Labute approximate surface area is 203 Å². The van der Waals surface area contributed by atoms with E-state index in [4.69, 9.17) is 22.0 Å². The van der Waals surface area contributed by atoms with Gasteiger partial charge < -0.3 is 31.8 Å². The average molecular weight is 481 g/mol. The molecule has 2 amide bonds. The van der Waals surface area contributed by atoms with Crippen LogP contribution in [0, 0.1) is 0 Å². The first-order valence-corrected chi connectivity index (χ1v) is 11.7. The van der Waals surface area contributed by atoms with Crippen molar-refractivity contribution in [1.29, 1.82) is 0 Å². The molecule has 186 valence electrons. The second kappa shape index (κ2) is 10.6. The molecule has 11 heteroatoms. The van der Waals surface area contributed by atoms with Gasteiger partial charge in [-0.2, -0.15) is 0 Å². The zero-order valence-electron chi connectivity index (χ0n) is 19.7. The number of rotatable bonds is 8. The maximum Gasteiger partial charge on any atom is 0.250 e. The third kappa shape index (κ3) is 5.29. The molecule has 2 aromatic rings. The van der Waals surface area contributed by atoms with Crippen LogP contribution in [0.3, 0.4) is 0 Å². The van der Waals surface area contributed by atoms with Crippen LogP contribution >= 0.6 is 0 Å². The van der Waals surface area contributed by atoms with Crippen molar-refractivity contribution in [3.05, 3.63) is 60.0 Å². The number of aromatic nitrogens is 2. The summed E-state index contributed by atoms with van der Waals surface area (Å²) in [5.41, 5.74) is 13.6. The van der Waals surface area contributed by atoms with Crippen molar-refractivity contribution in [1.82, 2.24) is 14.6 Å². The van der Waals surface area contributed by atoms with Gasteiger partial charge >= 0.3 is 0 Å². The van der Waals surface area contributed by atoms with Crippen molar-refractivity contribution >= 4 is 17.6 Å². The summed E-state index contributed by atoms with van der Waals surface area (Å²) in [5.74, 6) is 6.94. The van der Waals surface area contributed by atoms with E-state index in [-0.39, 0.29) is 18.4 Å². The lowest BCUT2D eigenvalue weighted by Crippen LogP contribution is -2.47. The fourth-order valence-electron chi connectivity index (χ4n) is 4.74. The smallest absolute Gasteiger partial charge is 0.250 e. The summed E-state index contributed by atoms with van der Waals surface area (Å²) < 4.78 is 7.78. The molecule has 0 unspecified atom stereocenters. The molecule has 11 nitrogen and oxygen atoms in total. The third-order valence-electron chi connectivity index (χ3n) is 6.47. The molecule has 2 aliphatic heterocycles. The molecule has 2 aliphatic rings. The standard InChI is InChI=1S/C24H32N8O3/c1-2-28-24-29-10-8-22(32(24)27)31-11-4-6-17(31)15-35-20-7-3-5-16-9-12-30(14-18(16)20)23(34)19(25)13-21(26)33/h2-3,5,7-8,10,17,19H,1,4,6,9,11-15,25,27H2,(H2,26,33)/t17-,19-/m1/s1. The normalized spacial score (nSPS) is 18.8. The molecule has 2 atom stereocenters. The number of ether oxygens (including phenoxy) is 1. The Balaban J connectivity index is 1.48. The first-order valence-electron chi connectivity index (χ1n) is 11.7. The van der Waals surface area contributed by atoms with E-state index >= 15 is 0 Å². The minimum absolute atomic E-state index is 0.116. The summed E-state index contributed by atoms with van der Waals surface area (Å²) in [6, 6.07) is 6.99. The van der Waals surface area contributed by atoms with Crippen LogP contribution in [0.1, 0.15) is 30.4 Å². The first kappa shape index (κ1) is 24.3. The molecule has 0 bridgehead atoms. The molecular weight excluding hydrogens is 448 g/mol. The largest absolute Gasteiger partial charge is 0.491 e. The number of nitrogen functional groups attached to an aromatic ring is 1. The van der Waals surface area contributed by atoms with E-state index in [1.54, 1.807) is 11.1 Å². The fraction of sp³-hybridized carbons (Fsp3) is 0.417. The molecule has 4 rings (SSSR count). The van der Waals surface area contributed by atoms with Gasteiger partial charge in [-0.25, -0.2) is 14.7 Å². The molecule has 0 spiro atoms. The van der Waals surface area contributed by atoms with Gasteiger partial charge in [0, 0.05) is 37.6 Å². The summed E-state index contributed by atoms with van der Waals surface area (Å²) >= 11 is 0. The van der Waals surface area contributed by atoms with E-state index in [9.17, 15) is 9.59 Å². The molecule has 0 radical (unpaired) electrons. The van der Waals surface area contributed by atoms with Gasteiger partial charge in [0.15, 0.2) is 0 Å². The minimum atomic E-state index is -0.935. The van der Waals surface area contributed by atoms with E-state index in [0.717, 1.165) is 42.1 Å². The Hall–Kier alpha value is -3.86. The Morgan fingerprint density at radius 3 is 2.91 bits per heavy atom. The van der Waals surface area contributed by atoms with E-state index < -0.39 is 11.9 Å². The van der Waals surface area contributed by atoms with Gasteiger partial charge in [-0.1, -0.05) is 18.7 Å². The minimum Gasteiger partial charge on any atom is -0.491 e. The molecule has 0 saturated carbocycles. The topological polar surface area (TPSA) is 158 Å². The van der Waals surface area contributed by atoms with Crippen LogP contribution in [-0.2, 0) is 22.6 Å². The van der Waals surface area contributed by atoms with Crippen molar-refractivity contribution in [3.63, 3.8) is 0 Å². The van der Waals surface area contributed by atoms with E-state index in [1.807, 2.05) is 24.3 Å². The maximum atomic E-state index is 12.7. The lowest BCUT2D eigenvalue weighted by atomic mass is 9.98. The average Bonchev–Trinajstić information content (AvgIpc) is 3.31. The summed E-state index contributed by atoms with van der Waals surface area (Å²) in [7, 11) is 0. The number of primary amides is 1. The lowest BCUT2D eigenvalue weighted by molar-refractivity contribution is -0.135. The van der Waals surface area contributed by atoms with Gasteiger partial charge in [-0.15, -0.1) is 0 Å². The van der Waals surface area contributed by atoms with Crippen LogP contribution in [-0.4, -0.2) is 58.2 Å². The number of nitrogens with zero attached hydrogens (tertiary/aromatic N) is 5. The van der Waals surface area contributed by atoms with Crippen LogP contribution in [0.25, 0.3) is 0 Å². The van der Waals surface area contributed by atoms with Gasteiger partial charge in [0.1, 0.15) is 18.2 Å². The van der Waals surface area contributed by atoms with E-state index in [2.05, 4.69) is 21.5 Å². The Morgan fingerprint density at radius 2 is 2.14 bits per heavy atom. The summed E-state index contributed by atoms with van der Waals surface area (Å²) in [6.07, 6.45) is 5.58. The summed E-state index contributed by atoms with van der Waals surface area (Å²) in [5, 5.41) is 0. The van der Waals surface area contributed by atoms with Crippen molar-refractivity contribution in [2.45, 2.75) is 44.3 Å². The molecule has 6 N–H and O–H groups in total. The molecule has 1 aromatic carbocycles. The zero-order valence-corrected chi connectivity index (χ0v) is 19.7. The first-order chi connectivity index (χ1) is 16.9. The number of anilines is 1. The van der Waals surface area contributed by atoms with Crippen molar-refractivity contribution in [2.75, 3.05) is 30.4 Å². The van der Waals surface area contributed by atoms with Crippen molar-refractivity contribution in [3.8, 4) is 5.75 Å². The maximum absolute atomic E-state index is 12.7. The highest BCUT2D eigenvalue weighted by Crippen LogP contribution is 2.30. The van der Waals surface area contributed by atoms with E-state index in [1.165, 1.54) is 10.9 Å². The zero-order chi connectivity index (χ0) is 24.9. The van der Waals surface area contributed by atoms with Gasteiger partial charge in [-0.3, -0.25) is 9.59 Å². The fourth-order valence-corrected chi connectivity index (χ4v) is 4.74. The van der Waals surface area contributed by atoms with E-state index in [0.29, 0.717) is 31.7 Å². The SMILES string of the molecule is C=CN=c1nccc(N2CCC[C@@H]2COc2cccc3c2CN(C(=O)[C@H](N)CC(N)=O)CC3)n1N. The number of amides is 2. The van der Waals surface area contributed by atoms with Crippen LogP contribution in [0.4, 0.5) is 5.82 Å². The highest BCUT2D eigenvalue weighted by atomic mass is 16.5. The predicted molar refractivity (Wildman–Crippen MR) is 131 cm³/mol. The monoisotopic (exact) mass is 480 g/mol. The number of nitrogens with two attached hydrogens (primary N) is 3. The van der Waals surface area contributed by atoms with Gasteiger partial charge in [0.2, 0.25) is 17.4 Å². The Bertz CT molecular complexity index is 1180. The van der Waals surface area contributed by atoms with Crippen LogP contribution in [0.5, 0.6) is 5.75 Å². The number of hydrogen-bond donors (Lipinski definition) is 3. The van der Waals surface area contributed by atoms with Crippen molar-refractivity contribution in [2.24, 2.45) is 16.5 Å². The number of carbonyl (C=O) groups is 2. The highest BCUT2D eigenvalue weighted by Gasteiger charge is 2.30. The highest BCUT2D eigenvalue weighted by molar-refractivity contribution is 5.87. The molecular formula is C24H32N8O3. The quantitative estimate of drug-likeness (QED) is 0.441. The van der Waals surface area contributed by atoms with Crippen molar-refractivity contribution < 1.29 is 14.3 Å². The Kier molecular flexibility index (Phi) is 7.35. The van der Waals surface area contributed by atoms with Crippen LogP contribution < -0.4 is 32.6 Å². The second-order valence-corrected chi connectivity index (χ2v) is 8.77. The third-order valence-corrected chi connectivity index (χ3v) is 6.47. The van der Waals surface area contributed by atoms with Gasteiger partial charge in [0.25, 0.3) is 0 Å². The molecule has 0 aliphatic carbocycles. The summed E-state index contributed by atoms with van der Waals surface area (Å²) in [6.45, 7) is 5.83. The van der Waals surface area contributed by atoms with Crippen LogP contribution in [0.15, 0.2) is 48.2 Å². The predicted octanol–water partition coefficient (Wildman–Crippen LogP) is -0.224. The lowest BCUT2D eigenvalue weighted by Gasteiger charge is -2.32. The molecule has 35 heavy (non-hydrogen) atoms. The number of carbonyl (C=O) groups excluding carboxylic acids is 2. The summed E-state index contributed by atoms with van der Waals surface area (Å²) in [4.78, 5) is 36.1. The number of hydrogen-bond acceptors (Lipinski definition) is 8. The van der Waals surface area contributed by atoms with Gasteiger partial charge in [0.05, 0.1) is 18.5 Å². The Morgan fingerprint density at radius 1 is 1.31 bits per heavy atom. The molecule has 3 heterocycles. The molecule has 1 fully saturated rings. The molecule has 1 aromatic heterocycles. The second-order valence-electron chi connectivity index (χ2n) is 8.77.